The summed E-state index contributed by atoms with van der Waals surface area (Å²) >= 11 is 6.56. The molecule has 0 saturated carbocycles. The van der Waals surface area contributed by atoms with E-state index < -0.39 is 10.0 Å². The van der Waals surface area contributed by atoms with Crippen LogP contribution in [0.15, 0.2) is 23.2 Å². The first-order valence-electron chi connectivity index (χ1n) is 4.42. The van der Waals surface area contributed by atoms with Gasteiger partial charge in [0, 0.05) is 17.7 Å². The van der Waals surface area contributed by atoms with Gasteiger partial charge in [-0.1, -0.05) is 11.6 Å². The first-order chi connectivity index (χ1) is 7.97. The van der Waals surface area contributed by atoms with E-state index in [-0.39, 0.29) is 15.2 Å². The van der Waals surface area contributed by atoms with Crippen LogP contribution in [-0.2, 0) is 10.0 Å². The molecule has 0 bridgehead atoms. The molecule has 0 fully saturated rings. The number of nitrogens with zero attached hydrogens (tertiary/aromatic N) is 3. The van der Waals surface area contributed by atoms with Crippen molar-refractivity contribution in [3.05, 3.63) is 29.3 Å². The van der Waals surface area contributed by atoms with Gasteiger partial charge in [-0.3, -0.25) is 4.72 Å². The van der Waals surface area contributed by atoms with Crippen molar-refractivity contribution in [3.63, 3.8) is 0 Å². The number of nitrogens with one attached hydrogen (secondary N) is 1. The smallest absolute Gasteiger partial charge is 0.253 e. The minimum atomic E-state index is -3.68. The van der Waals surface area contributed by atoms with Gasteiger partial charge in [0.1, 0.15) is 15.9 Å². The number of hydrogen-bond donors (Lipinski definition) is 1. The lowest BCUT2D eigenvalue weighted by atomic mass is 10.5. The van der Waals surface area contributed by atoms with E-state index in [0.29, 0.717) is 5.82 Å². The lowest BCUT2D eigenvalue weighted by Crippen LogP contribution is -2.12. The number of aromatic nitrogens is 3. The zero-order valence-electron chi connectivity index (χ0n) is 8.58. The Morgan fingerprint density at radius 3 is 2.71 bits per heavy atom. The number of hydrogen-bond acceptors (Lipinski definition) is 6. The second-order valence-electron chi connectivity index (χ2n) is 3.07. The van der Waals surface area contributed by atoms with Crippen LogP contribution in [0.3, 0.4) is 0 Å². The maximum absolute atomic E-state index is 11.9. The van der Waals surface area contributed by atoms with E-state index in [2.05, 4.69) is 19.1 Å². The Morgan fingerprint density at radius 1 is 1.41 bits per heavy atom. The van der Waals surface area contributed by atoms with Crippen molar-refractivity contribution < 1.29 is 8.42 Å². The van der Waals surface area contributed by atoms with Crippen LogP contribution in [0.4, 0.5) is 5.13 Å². The Bertz CT molecular complexity index is 623. The molecule has 0 atom stereocenters. The van der Waals surface area contributed by atoms with E-state index in [9.17, 15) is 8.42 Å². The van der Waals surface area contributed by atoms with E-state index in [1.54, 1.807) is 6.92 Å². The molecule has 0 aromatic carbocycles. The fourth-order valence-corrected chi connectivity index (χ4v) is 2.89. The topological polar surface area (TPSA) is 84.8 Å². The Labute approximate surface area is 107 Å². The number of sulfonamides is 1. The highest BCUT2D eigenvalue weighted by Crippen LogP contribution is 2.17. The van der Waals surface area contributed by atoms with Crippen LogP contribution in [0.5, 0.6) is 0 Å². The summed E-state index contributed by atoms with van der Waals surface area (Å²) in [5.74, 6) is 0.516. The molecule has 90 valence electrons. The Balaban J connectivity index is 2.28. The zero-order valence-corrected chi connectivity index (χ0v) is 11.0. The third-order valence-electron chi connectivity index (χ3n) is 1.76. The third-order valence-corrected chi connectivity index (χ3v) is 4.16. The van der Waals surface area contributed by atoms with E-state index >= 15 is 0 Å². The largest absolute Gasteiger partial charge is 0.265 e. The molecule has 2 aromatic heterocycles. The van der Waals surface area contributed by atoms with E-state index in [1.165, 1.54) is 18.3 Å². The first-order valence-corrected chi connectivity index (χ1v) is 7.05. The zero-order chi connectivity index (χ0) is 12.5. The Morgan fingerprint density at radius 2 is 2.18 bits per heavy atom. The molecule has 0 amide bonds. The second kappa shape index (κ2) is 4.55. The molecule has 0 saturated heterocycles. The standard InChI is InChI=1S/C8H7ClN4O2S2/c1-5-11-8(16-12-5)13-17(14,15)6-2-3-7(9)10-4-6/h2-4H,1H3,(H,11,12,13). The van der Waals surface area contributed by atoms with Gasteiger partial charge in [-0.25, -0.2) is 18.4 Å². The van der Waals surface area contributed by atoms with Crippen molar-refractivity contribution >= 4 is 38.3 Å². The van der Waals surface area contributed by atoms with Gasteiger partial charge in [0.05, 0.1) is 0 Å². The summed E-state index contributed by atoms with van der Waals surface area (Å²) in [5.41, 5.74) is 0. The Hall–Kier alpha value is -1.25. The maximum Gasteiger partial charge on any atom is 0.265 e. The van der Waals surface area contributed by atoms with Crippen LogP contribution < -0.4 is 4.72 Å². The molecule has 0 radical (unpaired) electrons. The molecule has 0 spiro atoms. The fourth-order valence-electron chi connectivity index (χ4n) is 1.03. The molecule has 0 aliphatic carbocycles. The summed E-state index contributed by atoms with van der Waals surface area (Å²) in [6.45, 7) is 1.68. The molecule has 6 nitrogen and oxygen atoms in total. The molecule has 0 aliphatic heterocycles. The number of halogens is 1. The Kier molecular flexibility index (Phi) is 3.27. The number of pyridine rings is 1. The minimum absolute atomic E-state index is 0.0229. The molecular weight excluding hydrogens is 284 g/mol. The van der Waals surface area contributed by atoms with Gasteiger partial charge < -0.3 is 0 Å². The average molecular weight is 291 g/mol. The molecule has 17 heavy (non-hydrogen) atoms. The molecule has 0 unspecified atom stereocenters. The van der Waals surface area contributed by atoms with E-state index in [1.807, 2.05) is 0 Å². The predicted octanol–water partition coefficient (Wildman–Crippen LogP) is 1.70. The molecular formula is C8H7ClN4O2S2. The summed E-state index contributed by atoms with van der Waals surface area (Å²) < 4.78 is 29.9. The monoisotopic (exact) mass is 290 g/mol. The number of anilines is 1. The predicted molar refractivity (Wildman–Crippen MR) is 64.7 cm³/mol. The maximum atomic E-state index is 11.9. The molecule has 1 N–H and O–H groups in total. The van der Waals surface area contributed by atoms with E-state index in [4.69, 9.17) is 11.6 Å². The molecule has 0 aliphatic rings. The van der Waals surface area contributed by atoms with E-state index in [0.717, 1.165) is 11.5 Å². The van der Waals surface area contributed by atoms with Gasteiger partial charge in [-0.2, -0.15) is 4.37 Å². The molecule has 2 heterocycles. The highest BCUT2D eigenvalue weighted by Gasteiger charge is 2.16. The van der Waals surface area contributed by atoms with Crippen LogP contribution in [-0.4, -0.2) is 22.8 Å². The highest BCUT2D eigenvalue weighted by molar-refractivity contribution is 7.93. The van der Waals surface area contributed by atoms with Crippen molar-refractivity contribution in [2.45, 2.75) is 11.8 Å². The third kappa shape index (κ3) is 2.90. The highest BCUT2D eigenvalue weighted by atomic mass is 35.5. The van der Waals surface area contributed by atoms with Crippen molar-refractivity contribution in [1.82, 2.24) is 14.3 Å². The van der Waals surface area contributed by atoms with Gasteiger partial charge in [0.15, 0.2) is 0 Å². The fraction of sp³-hybridized carbons (Fsp3) is 0.125. The summed E-state index contributed by atoms with van der Waals surface area (Å²) in [6.07, 6.45) is 1.18. The van der Waals surface area contributed by atoms with Gasteiger partial charge >= 0.3 is 0 Å². The lowest BCUT2D eigenvalue weighted by molar-refractivity contribution is 0.601. The van der Waals surface area contributed by atoms with Crippen molar-refractivity contribution in [1.29, 1.82) is 0 Å². The van der Waals surface area contributed by atoms with Gasteiger partial charge in [-0.05, 0) is 19.1 Å². The quantitative estimate of drug-likeness (QED) is 0.870. The van der Waals surface area contributed by atoms with Gasteiger partial charge in [0.25, 0.3) is 10.0 Å². The van der Waals surface area contributed by atoms with Gasteiger partial charge in [-0.15, -0.1) is 0 Å². The van der Waals surface area contributed by atoms with Crippen LogP contribution in [0.25, 0.3) is 0 Å². The van der Waals surface area contributed by atoms with Gasteiger partial charge in [0.2, 0.25) is 5.13 Å². The van der Waals surface area contributed by atoms with Crippen LogP contribution in [0, 0.1) is 6.92 Å². The summed E-state index contributed by atoms with van der Waals surface area (Å²) in [5, 5.41) is 0.452. The summed E-state index contributed by atoms with van der Waals surface area (Å²) in [4.78, 5) is 7.64. The molecule has 9 heteroatoms. The van der Waals surface area contributed by atoms with Crippen molar-refractivity contribution in [2.24, 2.45) is 0 Å². The lowest BCUT2D eigenvalue weighted by Gasteiger charge is -2.03. The number of aryl methyl sites for hydroxylation is 1. The summed E-state index contributed by atoms with van der Waals surface area (Å²) in [7, 11) is -3.68. The van der Waals surface area contributed by atoms with Crippen LogP contribution >= 0.6 is 23.1 Å². The molecule has 2 rings (SSSR count). The normalized spacial score (nSPS) is 11.4. The molecule has 2 aromatic rings. The second-order valence-corrected chi connectivity index (χ2v) is 5.89. The van der Waals surface area contributed by atoms with Crippen LogP contribution in [0.1, 0.15) is 5.82 Å². The minimum Gasteiger partial charge on any atom is -0.253 e. The first kappa shape index (κ1) is 12.2. The summed E-state index contributed by atoms with van der Waals surface area (Å²) in [6, 6.07) is 2.77. The van der Waals surface area contributed by atoms with Crippen LogP contribution in [0.2, 0.25) is 5.15 Å². The average Bonchev–Trinajstić information content (AvgIpc) is 2.63. The van der Waals surface area contributed by atoms with Crippen molar-refractivity contribution in [2.75, 3.05) is 4.72 Å². The number of rotatable bonds is 3. The SMILES string of the molecule is Cc1nsc(NS(=O)(=O)c2ccc(Cl)nc2)n1. The van der Waals surface area contributed by atoms with Crippen molar-refractivity contribution in [3.8, 4) is 0 Å².